The molecule has 2 heterocycles. The predicted molar refractivity (Wildman–Crippen MR) is 94.7 cm³/mol. The number of amides is 2. The van der Waals surface area contributed by atoms with Crippen LogP contribution in [0.1, 0.15) is 0 Å². The molecule has 2 aromatic carbocycles. The van der Waals surface area contributed by atoms with Gasteiger partial charge in [-0.05, 0) is 36.4 Å². The van der Waals surface area contributed by atoms with Gasteiger partial charge in [-0.2, -0.15) is 5.10 Å². The van der Waals surface area contributed by atoms with Gasteiger partial charge in [0.2, 0.25) is 0 Å². The van der Waals surface area contributed by atoms with Crippen molar-refractivity contribution in [2.45, 2.75) is 0 Å². The van der Waals surface area contributed by atoms with E-state index in [0.717, 1.165) is 16.6 Å². The van der Waals surface area contributed by atoms with E-state index in [2.05, 4.69) is 26.0 Å². The third kappa shape index (κ3) is 2.92. The van der Waals surface area contributed by atoms with Crippen molar-refractivity contribution in [1.29, 1.82) is 0 Å². The van der Waals surface area contributed by atoms with Crippen LogP contribution in [0.25, 0.3) is 16.6 Å². The predicted octanol–water partition coefficient (Wildman–Crippen LogP) is 2.80. The number of hydrogen-bond acceptors (Lipinski definition) is 4. The number of aryl methyl sites for hydroxylation is 1. The Bertz CT molecular complexity index is 1020. The van der Waals surface area contributed by atoms with Crippen LogP contribution in [0, 0.1) is 0 Å². The molecule has 0 aliphatic carbocycles. The quantitative estimate of drug-likeness (QED) is 0.603. The molecule has 25 heavy (non-hydrogen) atoms. The van der Waals surface area contributed by atoms with Crippen LogP contribution in [0.15, 0.2) is 61.1 Å². The minimum atomic E-state index is -0.315. The Morgan fingerprint density at radius 1 is 1.08 bits per heavy atom. The van der Waals surface area contributed by atoms with Gasteiger partial charge in [0.05, 0.1) is 35.5 Å². The van der Waals surface area contributed by atoms with Gasteiger partial charge in [-0.3, -0.25) is 4.68 Å². The molecule has 4 rings (SSSR count). The van der Waals surface area contributed by atoms with Crippen LogP contribution in [0.2, 0.25) is 0 Å². The third-order valence-electron chi connectivity index (χ3n) is 3.85. The number of fused-ring (bicyclic) bond motifs is 1. The van der Waals surface area contributed by atoms with E-state index < -0.39 is 0 Å². The molecule has 8 nitrogen and oxygen atoms in total. The largest absolute Gasteiger partial charge is 0.323 e. The summed E-state index contributed by atoms with van der Waals surface area (Å²) in [6.45, 7) is 0. The van der Waals surface area contributed by atoms with Crippen LogP contribution < -0.4 is 10.6 Å². The Balaban J connectivity index is 1.48. The zero-order chi connectivity index (χ0) is 17.2. The van der Waals surface area contributed by atoms with Crippen LogP contribution in [0.4, 0.5) is 16.2 Å². The van der Waals surface area contributed by atoms with Crippen LogP contribution in [0.5, 0.6) is 0 Å². The van der Waals surface area contributed by atoms with Crippen molar-refractivity contribution in [2.24, 2.45) is 7.05 Å². The Hall–Kier alpha value is -3.68. The topological polar surface area (TPSA) is 89.7 Å². The van der Waals surface area contributed by atoms with Crippen LogP contribution in [-0.4, -0.2) is 30.8 Å². The fourth-order valence-corrected chi connectivity index (χ4v) is 2.61. The first-order valence-electron chi connectivity index (χ1n) is 7.66. The maximum absolute atomic E-state index is 12.3. The summed E-state index contributed by atoms with van der Waals surface area (Å²) in [5, 5.41) is 18.5. The van der Waals surface area contributed by atoms with E-state index in [1.54, 1.807) is 40.1 Å². The minimum Gasteiger partial charge on any atom is -0.308 e. The number of aromatic nitrogens is 5. The zero-order valence-electron chi connectivity index (χ0n) is 13.4. The molecule has 4 aromatic rings. The molecule has 0 unspecified atom stereocenters. The molecule has 8 heteroatoms. The lowest BCUT2D eigenvalue weighted by molar-refractivity contribution is 0.262. The summed E-state index contributed by atoms with van der Waals surface area (Å²) in [7, 11) is 1.86. The number of urea groups is 1. The van der Waals surface area contributed by atoms with Crippen LogP contribution >= 0.6 is 0 Å². The second-order valence-electron chi connectivity index (χ2n) is 5.48. The minimum absolute atomic E-state index is 0.315. The highest BCUT2D eigenvalue weighted by Gasteiger charge is 2.08. The van der Waals surface area contributed by atoms with Gasteiger partial charge in [0.25, 0.3) is 0 Å². The van der Waals surface area contributed by atoms with Crippen molar-refractivity contribution in [3.05, 3.63) is 61.1 Å². The van der Waals surface area contributed by atoms with Crippen molar-refractivity contribution in [1.82, 2.24) is 24.8 Å². The van der Waals surface area contributed by atoms with Gasteiger partial charge in [-0.1, -0.05) is 11.3 Å². The summed E-state index contributed by atoms with van der Waals surface area (Å²) >= 11 is 0. The summed E-state index contributed by atoms with van der Waals surface area (Å²) in [4.78, 5) is 12.3. The van der Waals surface area contributed by atoms with Gasteiger partial charge in [0.15, 0.2) is 0 Å². The average Bonchev–Trinajstić information content (AvgIpc) is 3.27. The molecule has 2 aromatic heterocycles. The summed E-state index contributed by atoms with van der Waals surface area (Å²) in [5.41, 5.74) is 3.21. The zero-order valence-corrected chi connectivity index (χ0v) is 13.4. The normalized spacial score (nSPS) is 10.8. The molecule has 0 spiro atoms. The number of benzene rings is 2. The number of hydrogen-bond donors (Lipinski definition) is 2. The number of rotatable bonds is 3. The van der Waals surface area contributed by atoms with Gasteiger partial charge in [0.1, 0.15) is 0 Å². The first kappa shape index (κ1) is 14.9. The highest BCUT2D eigenvalue weighted by atomic mass is 16.2. The molecule has 2 amide bonds. The molecule has 0 saturated carbocycles. The number of anilines is 2. The van der Waals surface area contributed by atoms with Crippen molar-refractivity contribution in [3.8, 4) is 5.69 Å². The summed E-state index contributed by atoms with van der Waals surface area (Å²) in [6.07, 6.45) is 5.10. The second-order valence-corrected chi connectivity index (χ2v) is 5.48. The Kier molecular flexibility index (Phi) is 3.62. The molecule has 0 atom stereocenters. The fourth-order valence-electron chi connectivity index (χ4n) is 2.61. The highest BCUT2D eigenvalue weighted by molar-refractivity contribution is 6.05. The first-order valence-corrected chi connectivity index (χ1v) is 7.66. The Labute approximate surface area is 143 Å². The molecule has 0 radical (unpaired) electrons. The first-order chi connectivity index (χ1) is 12.2. The van der Waals surface area contributed by atoms with E-state index in [1.807, 2.05) is 37.4 Å². The highest BCUT2D eigenvalue weighted by Crippen LogP contribution is 2.22. The van der Waals surface area contributed by atoms with Gasteiger partial charge >= 0.3 is 6.03 Å². The second kappa shape index (κ2) is 6.08. The van der Waals surface area contributed by atoms with Crippen LogP contribution in [0.3, 0.4) is 0 Å². The lowest BCUT2D eigenvalue weighted by Crippen LogP contribution is -2.19. The summed E-state index contributed by atoms with van der Waals surface area (Å²) in [5.74, 6) is 0. The molecule has 2 N–H and O–H groups in total. The molecular formula is C17H15N7O. The smallest absolute Gasteiger partial charge is 0.308 e. The van der Waals surface area contributed by atoms with Gasteiger partial charge in [-0.15, -0.1) is 5.10 Å². The molecular weight excluding hydrogens is 318 g/mol. The fraction of sp³-hybridized carbons (Fsp3) is 0.0588. The van der Waals surface area contributed by atoms with E-state index in [1.165, 1.54) is 0 Å². The van der Waals surface area contributed by atoms with E-state index >= 15 is 0 Å². The maximum atomic E-state index is 12.3. The van der Waals surface area contributed by atoms with Crippen molar-refractivity contribution in [2.75, 3.05) is 10.6 Å². The summed E-state index contributed by atoms with van der Waals surface area (Å²) in [6, 6.07) is 12.7. The monoisotopic (exact) mass is 333 g/mol. The van der Waals surface area contributed by atoms with Crippen molar-refractivity contribution < 1.29 is 4.79 Å². The van der Waals surface area contributed by atoms with E-state index in [0.29, 0.717) is 11.4 Å². The lowest BCUT2D eigenvalue weighted by Gasteiger charge is -2.09. The molecule has 0 aliphatic heterocycles. The number of nitrogens with one attached hydrogen (secondary N) is 2. The van der Waals surface area contributed by atoms with Crippen molar-refractivity contribution >= 4 is 28.3 Å². The van der Waals surface area contributed by atoms with Gasteiger partial charge in [0, 0.05) is 18.1 Å². The summed E-state index contributed by atoms with van der Waals surface area (Å²) < 4.78 is 3.41. The average molecular weight is 333 g/mol. The Morgan fingerprint density at radius 2 is 1.92 bits per heavy atom. The Morgan fingerprint density at radius 3 is 2.68 bits per heavy atom. The van der Waals surface area contributed by atoms with Gasteiger partial charge < -0.3 is 10.6 Å². The standard InChI is InChI=1S/C17H15N7O/c1-23-16-4-2-3-15(14(16)11-19-23)21-17(25)20-12-5-7-13(8-6-12)24-10-9-18-22-24/h2-11H,1H3,(H2,20,21,25). The molecule has 0 aliphatic rings. The third-order valence-corrected chi connectivity index (χ3v) is 3.85. The van der Waals surface area contributed by atoms with E-state index in [9.17, 15) is 4.79 Å². The van der Waals surface area contributed by atoms with Crippen molar-refractivity contribution in [3.63, 3.8) is 0 Å². The van der Waals surface area contributed by atoms with Gasteiger partial charge in [-0.25, -0.2) is 9.48 Å². The van der Waals surface area contributed by atoms with E-state index in [-0.39, 0.29) is 6.03 Å². The molecule has 0 saturated heterocycles. The number of carbonyl (C=O) groups is 1. The molecule has 0 fully saturated rings. The molecule has 0 bridgehead atoms. The SMILES string of the molecule is Cn1ncc2c(NC(=O)Nc3ccc(-n4ccnn4)cc3)cccc21. The lowest BCUT2D eigenvalue weighted by atomic mass is 10.2. The maximum Gasteiger partial charge on any atom is 0.323 e. The molecule has 124 valence electrons. The van der Waals surface area contributed by atoms with Crippen LogP contribution in [-0.2, 0) is 7.05 Å². The number of carbonyl (C=O) groups excluding carboxylic acids is 1. The van der Waals surface area contributed by atoms with E-state index in [4.69, 9.17) is 0 Å². The number of nitrogens with zero attached hydrogens (tertiary/aromatic N) is 5.